The molecule has 2 aromatic rings. The second-order valence-electron chi connectivity index (χ2n) is 3.64. The molecule has 0 aliphatic carbocycles. The minimum atomic E-state index is -0.244. The van der Waals surface area contributed by atoms with Crippen molar-refractivity contribution in [1.29, 1.82) is 0 Å². The number of benzene rings is 1. The Morgan fingerprint density at radius 3 is 2.81 bits per heavy atom. The fourth-order valence-electron chi connectivity index (χ4n) is 1.70. The van der Waals surface area contributed by atoms with Gasteiger partial charge in [-0.1, -0.05) is 0 Å². The lowest BCUT2D eigenvalue weighted by molar-refractivity contribution is 0.629. The minimum Gasteiger partial charge on any atom is -0.370 e. The molecule has 1 aromatic heterocycles. The molecule has 0 amide bonds. The standard InChI is InChI=1S/C11H13FN4/c1-16-9(6-15-11(13)14)5-7-4-8(12)2-3-10(7)16/h2-5H,6H2,1H3,(H4,13,14,15). The molecule has 0 saturated heterocycles. The number of guanidine groups is 1. The summed E-state index contributed by atoms with van der Waals surface area (Å²) in [5.74, 6) is -0.192. The van der Waals surface area contributed by atoms with Crippen LogP contribution in [0.25, 0.3) is 10.9 Å². The quantitative estimate of drug-likeness (QED) is 0.587. The normalized spacial score (nSPS) is 10.6. The Morgan fingerprint density at radius 2 is 2.12 bits per heavy atom. The molecular formula is C11H13FN4. The molecule has 1 aromatic carbocycles. The van der Waals surface area contributed by atoms with Crippen LogP contribution >= 0.6 is 0 Å². The van der Waals surface area contributed by atoms with Gasteiger partial charge in [-0.05, 0) is 24.3 Å². The van der Waals surface area contributed by atoms with Crippen molar-refractivity contribution in [2.75, 3.05) is 0 Å². The number of fused-ring (bicyclic) bond motifs is 1. The molecule has 0 atom stereocenters. The SMILES string of the molecule is Cn1c(CN=C(N)N)cc2cc(F)ccc21. The van der Waals surface area contributed by atoms with Crippen LogP contribution in [-0.2, 0) is 13.6 Å². The van der Waals surface area contributed by atoms with Gasteiger partial charge < -0.3 is 16.0 Å². The van der Waals surface area contributed by atoms with E-state index >= 15 is 0 Å². The average molecular weight is 220 g/mol. The number of nitrogens with zero attached hydrogens (tertiary/aromatic N) is 2. The Balaban J connectivity index is 2.47. The van der Waals surface area contributed by atoms with Crippen molar-refractivity contribution in [3.05, 3.63) is 35.8 Å². The van der Waals surface area contributed by atoms with Crippen LogP contribution in [0, 0.1) is 5.82 Å². The van der Waals surface area contributed by atoms with E-state index in [1.807, 2.05) is 17.7 Å². The van der Waals surface area contributed by atoms with Crippen LogP contribution in [0.1, 0.15) is 5.69 Å². The largest absolute Gasteiger partial charge is 0.370 e. The smallest absolute Gasteiger partial charge is 0.186 e. The summed E-state index contributed by atoms with van der Waals surface area (Å²) in [6, 6.07) is 6.55. The van der Waals surface area contributed by atoms with Gasteiger partial charge in [-0.2, -0.15) is 0 Å². The van der Waals surface area contributed by atoms with Crippen LogP contribution < -0.4 is 11.5 Å². The van der Waals surface area contributed by atoms with Gasteiger partial charge in [-0.25, -0.2) is 9.38 Å². The van der Waals surface area contributed by atoms with Crippen molar-refractivity contribution in [2.45, 2.75) is 6.54 Å². The van der Waals surface area contributed by atoms with E-state index in [0.29, 0.717) is 6.54 Å². The summed E-state index contributed by atoms with van der Waals surface area (Å²) in [7, 11) is 1.90. The Bertz CT molecular complexity index is 552. The third-order valence-electron chi connectivity index (χ3n) is 2.53. The van der Waals surface area contributed by atoms with Crippen LogP contribution in [-0.4, -0.2) is 10.5 Å². The van der Waals surface area contributed by atoms with Crippen LogP contribution in [0.3, 0.4) is 0 Å². The first kappa shape index (κ1) is 10.5. The van der Waals surface area contributed by atoms with Gasteiger partial charge in [0.05, 0.1) is 6.54 Å². The van der Waals surface area contributed by atoms with Crippen LogP contribution in [0.4, 0.5) is 4.39 Å². The van der Waals surface area contributed by atoms with Gasteiger partial charge in [0, 0.05) is 23.6 Å². The van der Waals surface area contributed by atoms with Crippen LogP contribution in [0.2, 0.25) is 0 Å². The van der Waals surface area contributed by atoms with Crippen LogP contribution in [0.15, 0.2) is 29.3 Å². The summed E-state index contributed by atoms with van der Waals surface area (Å²) >= 11 is 0. The topological polar surface area (TPSA) is 69.3 Å². The molecule has 1 heterocycles. The molecule has 0 radical (unpaired) electrons. The van der Waals surface area contributed by atoms with Gasteiger partial charge in [0.1, 0.15) is 5.82 Å². The van der Waals surface area contributed by atoms with E-state index in [-0.39, 0.29) is 11.8 Å². The molecule has 0 aliphatic rings. The van der Waals surface area contributed by atoms with E-state index in [9.17, 15) is 4.39 Å². The summed E-state index contributed by atoms with van der Waals surface area (Å²) < 4.78 is 15.0. The van der Waals surface area contributed by atoms with E-state index in [1.165, 1.54) is 12.1 Å². The predicted octanol–water partition coefficient (Wildman–Crippen LogP) is 1.09. The molecular weight excluding hydrogens is 207 g/mol. The molecule has 4 N–H and O–H groups in total. The molecule has 2 rings (SSSR count). The average Bonchev–Trinajstić information content (AvgIpc) is 2.52. The number of aromatic nitrogens is 1. The second-order valence-corrected chi connectivity index (χ2v) is 3.64. The highest BCUT2D eigenvalue weighted by atomic mass is 19.1. The van der Waals surface area contributed by atoms with Crippen molar-refractivity contribution in [3.63, 3.8) is 0 Å². The number of halogens is 1. The lowest BCUT2D eigenvalue weighted by Crippen LogP contribution is -2.22. The maximum Gasteiger partial charge on any atom is 0.186 e. The number of rotatable bonds is 2. The highest BCUT2D eigenvalue weighted by molar-refractivity contribution is 5.81. The number of aryl methyl sites for hydroxylation is 1. The Hall–Kier alpha value is -2.04. The molecule has 4 nitrogen and oxygen atoms in total. The number of nitrogens with two attached hydrogens (primary N) is 2. The molecule has 0 aliphatic heterocycles. The molecule has 0 spiro atoms. The molecule has 0 unspecified atom stereocenters. The predicted molar refractivity (Wildman–Crippen MR) is 62.4 cm³/mol. The van der Waals surface area contributed by atoms with Crippen molar-refractivity contribution in [2.24, 2.45) is 23.5 Å². The third-order valence-corrected chi connectivity index (χ3v) is 2.53. The number of hydrogen-bond donors (Lipinski definition) is 2. The summed E-state index contributed by atoms with van der Waals surface area (Å²) in [6.07, 6.45) is 0. The fourth-order valence-corrected chi connectivity index (χ4v) is 1.70. The molecule has 0 saturated carbocycles. The van der Waals surface area contributed by atoms with Gasteiger partial charge >= 0.3 is 0 Å². The first-order chi connectivity index (χ1) is 7.58. The molecule has 0 bridgehead atoms. The summed E-state index contributed by atoms with van der Waals surface area (Å²) in [5, 5.41) is 0.850. The van der Waals surface area contributed by atoms with E-state index in [0.717, 1.165) is 16.6 Å². The van der Waals surface area contributed by atoms with Gasteiger partial charge in [-0.15, -0.1) is 0 Å². The maximum atomic E-state index is 13.0. The van der Waals surface area contributed by atoms with Gasteiger partial charge in [-0.3, -0.25) is 0 Å². The minimum absolute atomic E-state index is 0.0523. The summed E-state index contributed by atoms with van der Waals surface area (Å²) in [5.41, 5.74) is 12.4. The monoisotopic (exact) mass is 220 g/mol. The second kappa shape index (κ2) is 3.84. The van der Waals surface area contributed by atoms with E-state index in [4.69, 9.17) is 11.5 Å². The fraction of sp³-hybridized carbons (Fsp3) is 0.182. The first-order valence-corrected chi connectivity index (χ1v) is 4.87. The Labute approximate surface area is 92.4 Å². The Kier molecular flexibility index (Phi) is 2.52. The van der Waals surface area contributed by atoms with E-state index in [1.54, 1.807) is 6.07 Å². The van der Waals surface area contributed by atoms with Gasteiger partial charge in [0.15, 0.2) is 5.96 Å². The third kappa shape index (κ3) is 1.84. The maximum absolute atomic E-state index is 13.0. The van der Waals surface area contributed by atoms with E-state index in [2.05, 4.69) is 4.99 Å². The molecule has 84 valence electrons. The zero-order valence-corrected chi connectivity index (χ0v) is 8.94. The van der Waals surface area contributed by atoms with Gasteiger partial charge in [0.25, 0.3) is 0 Å². The van der Waals surface area contributed by atoms with Crippen LogP contribution in [0.5, 0.6) is 0 Å². The molecule has 0 fully saturated rings. The zero-order chi connectivity index (χ0) is 11.7. The molecule has 16 heavy (non-hydrogen) atoms. The number of aliphatic imine (C=N–C) groups is 1. The summed E-state index contributed by atoms with van der Waals surface area (Å²) in [4.78, 5) is 3.93. The van der Waals surface area contributed by atoms with Crippen molar-refractivity contribution in [3.8, 4) is 0 Å². The van der Waals surface area contributed by atoms with Gasteiger partial charge in [0.2, 0.25) is 0 Å². The molecule has 5 heteroatoms. The van der Waals surface area contributed by atoms with Crippen molar-refractivity contribution >= 4 is 16.9 Å². The van der Waals surface area contributed by atoms with Crippen molar-refractivity contribution in [1.82, 2.24) is 4.57 Å². The first-order valence-electron chi connectivity index (χ1n) is 4.87. The highest BCUT2D eigenvalue weighted by Crippen LogP contribution is 2.20. The highest BCUT2D eigenvalue weighted by Gasteiger charge is 2.05. The Morgan fingerprint density at radius 1 is 1.38 bits per heavy atom. The lowest BCUT2D eigenvalue weighted by Gasteiger charge is -2.01. The van der Waals surface area contributed by atoms with Crippen molar-refractivity contribution < 1.29 is 4.39 Å². The zero-order valence-electron chi connectivity index (χ0n) is 8.94. The van der Waals surface area contributed by atoms with E-state index < -0.39 is 0 Å². The number of hydrogen-bond acceptors (Lipinski definition) is 1. The summed E-state index contributed by atoms with van der Waals surface area (Å²) in [6.45, 7) is 0.398. The lowest BCUT2D eigenvalue weighted by atomic mass is 10.2.